The number of pyridine rings is 1. The van der Waals surface area contributed by atoms with Crippen molar-refractivity contribution in [3.63, 3.8) is 0 Å². The molecule has 0 aliphatic rings. The van der Waals surface area contributed by atoms with E-state index in [1.807, 2.05) is 29.7 Å². The number of halogens is 1. The highest BCUT2D eigenvalue weighted by Gasteiger charge is 2.11. The second-order valence-corrected chi connectivity index (χ2v) is 4.28. The van der Waals surface area contributed by atoms with Crippen LogP contribution in [-0.2, 0) is 0 Å². The molecule has 0 saturated carbocycles. The number of anilines is 1. The zero-order chi connectivity index (χ0) is 12.7. The van der Waals surface area contributed by atoms with Gasteiger partial charge in [0.05, 0.1) is 0 Å². The van der Waals surface area contributed by atoms with Gasteiger partial charge in [-0.1, -0.05) is 0 Å². The van der Waals surface area contributed by atoms with Crippen molar-refractivity contribution in [1.82, 2.24) is 9.38 Å². The van der Waals surface area contributed by atoms with Crippen molar-refractivity contribution in [3.8, 4) is 11.3 Å². The summed E-state index contributed by atoms with van der Waals surface area (Å²) in [4.78, 5) is 4.49. The van der Waals surface area contributed by atoms with Gasteiger partial charge < -0.3 is 5.73 Å². The molecule has 0 unspecified atom stereocenters. The lowest BCUT2D eigenvalue weighted by Crippen LogP contribution is -1.94. The minimum Gasteiger partial charge on any atom is -0.383 e. The Hall–Kier alpha value is -2.36. The SMILES string of the molecule is Cc1ccn2c(N)c(-c3ccc(F)cc3)nc2c1. The van der Waals surface area contributed by atoms with Crippen molar-refractivity contribution in [3.05, 3.63) is 54.0 Å². The molecule has 2 heterocycles. The summed E-state index contributed by atoms with van der Waals surface area (Å²) in [5.41, 5.74) is 9.48. The molecule has 0 bridgehead atoms. The number of rotatable bonds is 1. The summed E-state index contributed by atoms with van der Waals surface area (Å²) in [5, 5.41) is 0. The average molecular weight is 241 g/mol. The Labute approximate surface area is 104 Å². The van der Waals surface area contributed by atoms with Crippen molar-refractivity contribution in [2.45, 2.75) is 6.92 Å². The highest BCUT2D eigenvalue weighted by Crippen LogP contribution is 2.26. The first-order valence-electron chi connectivity index (χ1n) is 5.65. The van der Waals surface area contributed by atoms with E-state index in [1.165, 1.54) is 12.1 Å². The van der Waals surface area contributed by atoms with Crippen molar-refractivity contribution < 1.29 is 4.39 Å². The van der Waals surface area contributed by atoms with Gasteiger partial charge >= 0.3 is 0 Å². The Morgan fingerprint density at radius 2 is 1.89 bits per heavy atom. The highest BCUT2D eigenvalue weighted by atomic mass is 19.1. The first-order valence-corrected chi connectivity index (χ1v) is 5.65. The maximum atomic E-state index is 12.9. The van der Waals surface area contributed by atoms with E-state index < -0.39 is 0 Å². The van der Waals surface area contributed by atoms with Gasteiger partial charge in [0.15, 0.2) is 0 Å². The summed E-state index contributed by atoms with van der Waals surface area (Å²) in [6.07, 6.45) is 1.89. The van der Waals surface area contributed by atoms with E-state index in [2.05, 4.69) is 4.98 Å². The lowest BCUT2D eigenvalue weighted by atomic mass is 10.1. The van der Waals surface area contributed by atoms with Gasteiger partial charge in [0.1, 0.15) is 23.0 Å². The lowest BCUT2D eigenvalue weighted by Gasteiger charge is -1.99. The minimum atomic E-state index is -0.267. The molecule has 4 heteroatoms. The summed E-state index contributed by atoms with van der Waals surface area (Å²) in [6, 6.07) is 10.1. The number of imidazole rings is 1. The van der Waals surface area contributed by atoms with Crippen LogP contribution in [0.5, 0.6) is 0 Å². The molecule has 0 saturated heterocycles. The Morgan fingerprint density at radius 1 is 1.17 bits per heavy atom. The number of fused-ring (bicyclic) bond motifs is 1. The molecule has 2 N–H and O–H groups in total. The Balaban J connectivity index is 2.23. The molecule has 18 heavy (non-hydrogen) atoms. The third kappa shape index (κ3) is 1.62. The molecule has 0 spiro atoms. The quantitative estimate of drug-likeness (QED) is 0.711. The molecule has 0 atom stereocenters. The Bertz CT molecular complexity index is 714. The number of aromatic nitrogens is 2. The van der Waals surface area contributed by atoms with Crippen LogP contribution in [0.3, 0.4) is 0 Å². The van der Waals surface area contributed by atoms with Gasteiger partial charge in [-0.25, -0.2) is 9.37 Å². The number of nitrogens with zero attached hydrogens (tertiary/aromatic N) is 2. The fraction of sp³-hybridized carbons (Fsp3) is 0.0714. The van der Waals surface area contributed by atoms with Crippen LogP contribution in [0.25, 0.3) is 16.9 Å². The van der Waals surface area contributed by atoms with Crippen molar-refractivity contribution in [1.29, 1.82) is 0 Å². The number of hydrogen-bond donors (Lipinski definition) is 1. The predicted molar refractivity (Wildman–Crippen MR) is 69.7 cm³/mol. The zero-order valence-electron chi connectivity index (χ0n) is 9.89. The third-order valence-corrected chi connectivity index (χ3v) is 2.94. The number of benzene rings is 1. The summed E-state index contributed by atoms with van der Waals surface area (Å²) in [6.45, 7) is 2.00. The van der Waals surface area contributed by atoms with Crippen LogP contribution in [0, 0.1) is 12.7 Å². The average Bonchev–Trinajstić information content (AvgIpc) is 2.67. The van der Waals surface area contributed by atoms with Crippen LogP contribution < -0.4 is 5.73 Å². The van der Waals surface area contributed by atoms with Crippen LogP contribution in [0.15, 0.2) is 42.6 Å². The normalized spacial score (nSPS) is 11.0. The van der Waals surface area contributed by atoms with Crippen LogP contribution in [0.4, 0.5) is 10.2 Å². The van der Waals surface area contributed by atoms with Crippen molar-refractivity contribution in [2.75, 3.05) is 5.73 Å². The molecule has 2 aromatic heterocycles. The molecule has 3 rings (SSSR count). The van der Waals surface area contributed by atoms with E-state index in [1.54, 1.807) is 12.1 Å². The van der Waals surface area contributed by atoms with E-state index in [-0.39, 0.29) is 5.82 Å². The Morgan fingerprint density at radius 3 is 2.61 bits per heavy atom. The molecule has 0 amide bonds. The van der Waals surface area contributed by atoms with Crippen LogP contribution in [0.2, 0.25) is 0 Å². The van der Waals surface area contributed by atoms with Gasteiger partial charge in [-0.05, 0) is 48.9 Å². The number of hydrogen-bond acceptors (Lipinski definition) is 2. The Kier molecular flexibility index (Phi) is 2.30. The topological polar surface area (TPSA) is 43.3 Å². The number of nitrogen functional groups attached to an aromatic ring is 1. The third-order valence-electron chi connectivity index (χ3n) is 2.94. The second-order valence-electron chi connectivity index (χ2n) is 4.28. The lowest BCUT2D eigenvalue weighted by molar-refractivity contribution is 0.628. The van der Waals surface area contributed by atoms with Crippen LogP contribution in [0.1, 0.15) is 5.56 Å². The maximum Gasteiger partial charge on any atom is 0.139 e. The molecular formula is C14H12FN3. The van der Waals surface area contributed by atoms with Crippen LogP contribution >= 0.6 is 0 Å². The van der Waals surface area contributed by atoms with E-state index in [4.69, 9.17) is 5.73 Å². The molecule has 0 radical (unpaired) electrons. The van der Waals surface area contributed by atoms with E-state index >= 15 is 0 Å². The standard InChI is InChI=1S/C14H12FN3/c1-9-6-7-18-12(8-9)17-13(14(18)16)10-2-4-11(15)5-3-10/h2-8H,16H2,1H3. The summed E-state index contributed by atoms with van der Waals surface area (Å²) < 4.78 is 14.7. The molecule has 90 valence electrons. The molecule has 0 aliphatic heterocycles. The fourth-order valence-electron chi connectivity index (χ4n) is 1.99. The van der Waals surface area contributed by atoms with Gasteiger partial charge in [0.2, 0.25) is 0 Å². The number of nitrogens with two attached hydrogens (primary N) is 1. The van der Waals surface area contributed by atoms with Gasteiger partial charge in [-0.2, -0.15) is 0 Å². The minimum absolute atomic E-state index is 0.267. The largest absolute Gasteiger partial charge is 0.383 e. The van der Waals surface area contributed by atoms with Gasteiger partial charge in [-0.15, -0.1) is 0 Å². The zero-order valence-corrected chi connectivity index (χ0v) is 9.89. The molecule has 3 aromatic rings. The fourth-order valence-corrected chi connectivity index (χ4v) is 1.99. The molecular weight excluding hydrogens is 229 g/mol. The maximum absolute atomic E-state index is 12.9. The molecule has 3 nitrogen and oxygen atoms in total. The van der Waals surface area contributed by atoms with Crippen molar-refractivity contribution >= 4 is 11.5 Å². The summed E-state index contributed by atoms with van der Waals surface area (Å²) in [7, 11) is 0. The number of aryl methyl sites for hydroxylation is 1. The highest BCUT2D eigenvalue weighted by molar-refractivity contribution is 5.74. The smallest absolute Gasteiger partial charge is 0.139 e. The first-order chi connectivity index (χ1) is 8.65. The first kappa shape index (κ1) is 10.8. The van der Waals surface area contributed by atoms with E-state index in [0.29, 0.717) is 11.5 Å². The van der Waals surface area contributed by atoms with Gasteiger partial charge in [0, 0.05) is 11.8 Å². The summed E-state index contributed by atoms with van der Waals surface area (Å²) >= 11 is 0. The van der Waals surface area contributed by atoms with E-state index in [9.17, 15) is 4.39 Å². The van der Waals surface area contributed by atoms with Gasteiger partial charge in [-0.3, -0.25) is 4.40 Å². The molecule has 0 aliphatic carbocycles. The van der Waals surface area contributed by atoms with Crippen molar-refractivity contribution in [2.24, 2.45) is 0 Å². The summed E-state index contributed by atoms with van der Waals surface area (Å²) in [5.74, 6) is 0.300. The van der Waals surface area contributed by atoms with Gasteiger partial charge in [0.25, 0.3) is 0 Å². The monoisotopic (exact) mass is 241 g/mol. The second kappa shape index (κ2) is 3.84. The van der Waals surface area contributed by atoms with Crippen LogP contribution in [-0.4, -0.2) is 9.38 Å². The molecule has 1 aromatic carbocycles. The molecule has 0 fully saturated rings. The predicted octanol–water partition coefficient (Wildman–Crippen LogP) is 3.03. The van der Waals surface area contributed by atoms with E-state index in [0.717, 1.165) is 16.8 Å².